The summed E-state index contributed by atoms with van der Waals surface area (Å²) in [5, 5.41) is 19.0. The second-order valence-corrected chi connectivity index (χ2v) is 2.78. The summed E-state index contributed by atoms with van der Waals surface area (Å²) in [6.07, 6.45) is -6.56. The van der Waals surface area contributed by atoms with E-state index < -0.39 is 36.5 Å². The summed E-state index contributed by atoms with van der Waals surface area (Å²) in [6.45, 7) is -0.872. The van der Waals surface area contributed by atoms with E-state index in [0.717, 1.165) is 6.26 Å². The fourth-order valence-electron chi connectivity index (χ4n) is 0.753. The lowest BCUT2D eigenvalue weighted by atomic mass is 10.3. The number of aliphatic hydroxyl groups is 1. The third-order valence-electron chi connectivity index (χ3n) is 1.55. The molecule has 0 aromatic carbocycles. The lowest BCUT2D eigenvalue weighted by Gasteiger charge is -2.13. The molecule has 0 spiro atoms. The van der Waals surface area contributed by atoms with E-state index >= 15 is 0 Å². The van der Waals surface area contributed by atoms with Gasteiger partial charge in [0.15, 0.2) is 11.8 Å². The number of nitrogens with zero attached hydrogens (tertiary/aromatic N) is 1. The number of anilines is 1. The average Bonchev–Trinajstić information content (AvgIpc) is 2.60. The first-order chi connectivity index (χ1) is 7.30. The van der Waals surface area contributed by atoms with Crippen molar-refractivity contribution in [3.63, 3.8) is 0 Å². The second-order valence-electron chi connectivity index (χ2n) is 2.78. The molecule has 90 valence electrons. The first kappa shape index (κ1) is 12.3. The summed E-state index contributed by atoms with van der Waals surface area (Å²) in [5.74, 6) is -1.37. The lowest BCUT2D eigenvalue weighted by molar-refractivity contribution is -0.198. The highest BCUT2D eigenvalue weighted by atomic mass is 19.4. The van der Waals surface area contributed by atoms with Gasteiger partial charge in [-0.15, -0.1) is 0 Å². The molecule has 6 nitrogen and oxygen atoms in total. The summed E-state index contributed by atoms with van der Waals surface area (Å²) in [7, 11) is 0. The molecular weight excluding hydrogens is 233 g/mol. The van der Waals surface area contributed by atoms with E-state index in [4.69, 9.17) is 10.2 Å². The molecule has 1 heterocycles. The van der Waals surface area contributed by atoms with Crippen LogP contribution in [-0.4, -0.2) is 40.0 Å². The molecule has 1 unspecified atom stereocenters. The standard InChI is InChI=1S/C7H7F3N2O4/c8-7(9,10)4(13)1-11-6-12-3(2-16-6)5(14)15/h2,4,13H,1H2,(H,11,12)(H,14,15). The smallest absolute Gasteiger partial charge is 0.416 e. The van der Waals surface area contributed by atoms with Crippen LogP contribution in [0.4, 0.5) is 19.2 Å². The first-order valence-electron chi connectivity index (χ1n) is 3.98. The van der Waals surface area contributed by atoms with Gasteiger partial charge in [-0.3, -0.25) is 0 Å². The van der Waals surface area contributed by atoms with Crippen molar-refractivity contribution in [3.8, 4) is 0 Å². The van der Waals surface area contributed by atoms with Crippen molar-refractivity contribution >= 4 is 12.0 Å². The number of alkyl halides is 3. The Hall–Kier alpha value is -1.77. The summed E-state index contributed by atoms with van der Waals surface area (Å²) in [5.41, 5.74) is -0.441. The van der Waals surface area contributed by atoms with Gasteiger partial charge in [0.1, 0.15) is 6.26 Å². The average molecular weight is 240 g/mol. The van der Waals surface area contributed by atoms with E-state index in [9.17, 15) is 18.0 Å². The number of aliphatic hydroxyl groups excluding tert-OH is 1. The molecule has 0 saturated carbocycles. The van der Waals surface area contributed by atoms with E-state index in [1.807, 2.05) is 5.32 Å². The molecule has 0 aliphatic carbocycles. The van der Waals surface area contributed by atoms with Gasteiger partial charge < -0.3 is 19.9 Å². The van der Waals surface area contributed by atoms with Crippen LogP contribution < -0.4 is 5.32 Å². The predicted molar refractivity (Wildman–Crippen MR) is 44.0 cm³/mol. The number of aromatic nitrogens is 1. The van der Waals surface area contributed by atoms with Gasteiger partial charge >= 0.3 is 12.1 Å². The van der Waals surface area contributed by atoms with Crippen LogP contribution in [0.1, 0.15) is 10.5 Å². The van der Waals surface area contributed by atoms with Crippen LogP contribution in [0.2, 0.25) is 0 Å². The molecule has 0 aliphatic heterocycles. The molecule has 0 amide bonds. The maximum absolute atomic E-state index is 11.9. The third-order valence-corrected chi connectivity index (χ3v) is 1.55. The molecule has 1 aromatic heterocycles. The van der Waals surface area contributed by atoms with Crippen molar-refractivity contribution in [2.45, 2.75) is 12.3 Å². The molecule has 0 fully saturated rings. The number of hydrogen-bond donors (Lipinski definition) is 3. The summed E-state index contributed by atoms with van der Waals surface area (Å²) in [4.78, 5) is 13.6. The number of halogens is 3. The van der Waals surface area contributed by atoms with Gasteiger partial charge in [0, 0.05) is 0 Å². The highest BCUT2D eigenvalue weighted by Gasteiger charge is 2.38. The fraction of sp³-hybridized carbons (Fsp3) is 0.429. The number of nitrogens with one attached hydrogen (secondary N) is 1. The third kappa shape index (κ3) is 3.12. The van der Waals surface area contributed by atoms with Crippen LogP contribution in [0, 0.1) is 0 Å². The molecule has 0 aliphatic rings. The molecule has 0 saturated heterocycles. The fourth-order valence-corrected chi connectivity index (χ4v) is 0.753. The van der Waals surface area contributed by atoms with Gasteiger partial charge in [-0.05, 0) is 0 Å². The van der Waals surface area contributed by atoms with Gasteiger partial charge in [0.2, 0.25) is 0 Å². The zero-order chi connectivity index (χ0) is 12.3. The normalized spacial score (nSPS) is 13.5. The Morgan fingerprint density at radius 3 is 2.69 bits per heavy atom. The number of carboxylic acids is 1. The number of rotatable bonds is 4. The minimum Gasteiger partial charge on any atom is -0.476 e. The topological polar surface area (TPSA) is 95.6 Å². The monoisotopic (exact) mass is 240 g/mol. The largest absolute Gasteiger partial charge is 0.476 e. The van der Waals surface area contributed by atoms with Crippen molar-refractivity contribution in [1.82, 2.24) is 4.98 Å². The predicted octanol–water partition coefficient (Wildman–Crippen LogP) is 0.708. The maximum atomic E-state index is 11.9. The highest BCUT2D eigenvalue weighted by Crippen LogP contribution is 2.20. The number of carbonyl (C=O) groups is 1. The van der Waals surface area contributed by atoms with Crippen molar-refractivity contribution in [2.75, 3.05) is 11.9 Å². The van der Waals surface area contributed by atoms with Crippen LogP contribution in [0.3, 0.4) is 0 Å². The molecule has 3 N–H and O–H groups in total. The van der Waals surface area contributed by atoms with E-state index in [0.29, 0.717) is 0 Å². The Morgan fingerprint density at radius 1 is 1.62 bits per heavy atom. The zero-order valence-electron chi connectivity index (χ0n) is 7.65. The van der Waals surface area contributed by atoms with Crippen molar-refractivity contribution < 1.29 is 32.6 Å². The zero-order valence-corrected chi connectivity index (χ0v) is 7.65. The Labute approximate surface area is 86.7 Å². The van der Waals surface area contributed by atoms with E-state index in [1.54, 1.807) is 0 Å². The summed E-state index contributed by atoms with van der Waals surface area (Å²) < 4.78 is 40.1. The van der Waals surface area contributed by atoms with Gasteiger partial charge in [-0.1, -0.05) is 0 Å². The minimum absolute atomic E-state index is 0.402. The molecule has 1 rings (SSSR count). The summed E-state index contributed by atoms with van der Waals surface area (Å²) >= 11 is 0. The van der Waals surface area contributed by atoms with Gasteiger partial charge in [-0.2, -0.15) is 18.2 Å². The Kier molecular flexibility index (Phi) is 3.38. The van der Waals surface area contributed by atoms with Crippen molar-refractivity contribution in [2.24, 2.45) is 0 Å². The first-order valence-corrected chi connectivity index (χ1v) is 3.98. The molecule has 16 heavy (non-hydrogen) atoms. The highest BCUT2D eigenvalue weighted by molar-refractivity contribution is 5.85. The number of carboxylic acid groups (broad SMARTS) is 1. The second kappa shape index (κ2) is 4.39. The van der Waals surface area contributed by atoms with Gasteiger partial charge in [0.25, 0.3) is 6.01 Å². The number of hydrogen-bond acceptors (Lipinski definition) is 5. The van der Waals surface area contributed by atoms with Crippen LogP contribution in [0.5, 0.6) is 0 Å². The molecule has 1 atom stereocenters. The minimum atomic E-state index is -4.75. The van der Waals surface area contributed by atoms with Crippen LogP contribution in [0.15, 0.2) is 10.7 Å². The van der Waals surface area contributed by atoms with Crippen molar-refractivity contribution in [3.05, 3.63) is 12.0 Å². The van der Waals surface area contributed by atoms with Gasteiger partial charge in [-0.25, -0.2) is 4.79 Å². The van der Waals surface area contributed by atoms with E-state index in [1.165, 1.54) is 0 Å². The van der Waals surface area contributed by atoms with Gasteiger partial charge in [0.05, 0.1) is 6.54 Å². The molecule has 0 bridgehead atoms. The van der Waals surface area contributed by atoms with Crippen LogP contribution >= 0.6 is 0 Å². The Morgan fingerprint density at radius 2 is 2.25 bits per heavy atom. The van der Waals surface area contributed by atoms with E-state index in [2.05, 4.69) is 9.40 Å². The molecular formula is C7H7F3N2O4. The lowest BCUT2D eigenvalue weighted by Crippen LogP contribution is -2.35. The quantitative estimate of drug-likeness (QED) is 0.717. The molecule has 1 aromatic rings. The number of oxazole rings is 1. The summed E-state index contributed by atoms with van der Waals surface area (Å²) in [6, 6.07) is -0.402. The van der Waals surface area contributed by atoms with E-state index in [-0.39, 0.29) is 0 Å². The Bertz CT molecular complexity index is 376. The van der Waals surface area contributed by atoms with Crippen LogP contribution in [0.25, 0.3) is 0 Å². The maximum Gasteiger partial charge on any atom is 0.416 e. The molecule has 9 heteroatoms. The Balaban J connectivity index is 2.52. The molecule has 0 radical (unpaired) electrons. The van der Waals surface area contributed by atoms with Crippen molar-refractivity contribution in [1.29, 1.82) is 0 Å². The SMILES string of the molecule is O=C(O)c1coc(NCC(O)C(F)(F)F)n1. The number of aromatic carboxylic acids is 1. The van der Waals surface area contributed by atoms with Crippen LogP contribution in [-0.2, 0) is 0 Å².